The minimum absolute atomic E-state index is 0.0156. The zero-order valence-corrected chi connectivity index (χ0v) is 24.0. The Labute approximate surface area is 241 Å². The molecule has 5 rings (SSSR count). The lowest BCUT2D eigenvalue weighted by atomic mass is 10.0. The fourth-order valence-corrected chi connectivity index (χ4v) is 5.97. The highest BCUT2D eigenvalue weighted by atomic mass is 32.2. The van der Waals surface area contributed by atoms with Gasteiger partial charge in [0.1, 0.15) is 0 Å². The normalized spacial score (nSPS) is 14.6. The molecule has 1 aliphatic rings. The number of para-hydroxylation sites is 1. The van der Waals surface area contributed by atoms with E-state index in [2.05, 4.69) is 62.5 Å². The summed E-state index contributed by atoms with van der Waals surface area (Å²) in [7, 11) is 0. The Bertz CT molecular complexity index is 1540. The fraction of sp³-hybridized carbons (Fsp3) is 0.200. The number of carbonyl (C=O) groups is 2. The Morgan fingerprint density at radius 2 is 1.65 bits per heavy atom. The molecule has 1 aliphatic heterocycles. The first kappa shape index (κ1) is 27.5. The van der Waals surface area contributed by atoms with E-state index in [4.69, 9.17) is 0 Å². The molecule has 40 heavy (non-hydrogen) atoms. The summed E-state index contributed by atoms with van der Waals surface area (Å²) in [5, 5.41) is 3.17. The van der Waals surface area contributed by atoms with Gasteiger partial charge >= 0.3 is 0 Å². The molecule has 0 saturated carbocycles. The minimum Gasteiger partial charge on any atom is -0.349 e. The number of rotatable bonds is 8. The molecule has 202 valence electrons. The molecule has 5 heteroatoms. The molecular weight excluding hydrogens is 512 g/mol. The molecular formula is C35H34N2O2S. The predicted molar refractivity (Wildman–Crippen MR) is 166 cm³/mol. The first-order valence-electron chi connectivity index (χ1n) is 13.7. The second kappa shape index (κ2) is 12.4. The number of fused-ring (bicyclic) bond motifs is 1. The maximum absolute atomic E-state index is 13.7. The van der Waals surface area contributed by atoms with Gasteiger partial charge in [0.25, 0.3) is 11.8 Å². The van der Waals surface area contributed by atoms with Crippen LogP contribution in [0.4, 0.5) is 5.69 Å². The maximum Gasteiger partial charge on any atom is 0.265 e. The van der Waals surface area contributed by atoms with Gasteiger partial charge in [-0.1, -0.05) is 97.0 Å². The highest BCUT2D eigenvalue weighted by molar-refractivity contribution is 8.04. The Hall–Kier alpha value is -4.09. The molecule has 0 radical (unpaired) electrons. The number of benzene rings is 4. The summed E-state index contributed by atoms with van der Waals surface area (Å²) in [6.45, 7) is 6.76. The van der Waals surface area contributed by atoms with Gasteiger partial charge in [0.05, 0.1) is 17.1 Å². The Kier molecular flexibility index (Phi) is 8.51. The van der Waals surface area contributed by atoms with Crippen LogP contribution in [0.15, 0.2) is 107 Å². The highest BCUT2D eigenvalue weighted by Crippen LogP contribution is 2.42. The van der Waals surface area contributed by atoms with Crippen molar-refractivity contribution in [2.45, 2.75) is 51.1 Å². The first-order chi connectivity index (χ1) is 19.4. The SMILES string of the molecule is CCC(Cc1ccccc1)NC(=O)c1ccc(/C=C2\Sc3ccccc3N(Cc3cc(C)ccc3C)C2=O)cc1. The summed E-state index contributed by atoms with van der Waals surface area (Å²) in [5.41, 5.74) is 7.12. The van der Waals surface area contributed by atoms with Gasteiger partial charge < -0.3 is 10.2 Å². The van der Waals surface area contributed by atoms with Gasteiger partial charge in [-0.15, -0.1) is 0 Å². The molecule has 0 fully saturated rings. The molecule has 1 atom stereocenters. The molecule has 0 aromatic heterocycles. The van der Waals surface area contributed by atoms with Gasteiger partial charge in [-0.05, 0) is 79.3 Å². The number of nitrogens with one attached hydrogen (secondary N) is 1. The largest absolute Gasteiger partial charge is 0.349 e. The van der Waals surface area contributed by atoms with Crippen molar-refractivity contribution in [2.75, 3.05) is 4.90 Å². The second-order valence-electron chi connectivity index (χ2n) is 10.3. The van der Waals surface area contributed by atoms with Crippen LogP contribution in [0.1, 0.15) is 51.5 Å². The smallest absolute Gasteiger partial charge is 0.265 e. The number of anilines is 1. The van der Waals surface area contributed by atoms with Gasteiger partial charge in [-0.25, -0.2) is 0 Å². The van der Waals surface area contributed by atoms with Crippen LogP contribution in [0, 0.1) is 13.8 Å². The number of thioether (sulfide) groups is 1. The van der Waals surface area contributed by atoms with E-state index in [9.17, 15) is 9.59 Å². The van der Waals surface area contributed by atoms with Crippen molar-refractivity contribution >= 4 is 35.3 Å². The van der Waals surface area contributed by atoms with Crippen molar-refractivity contribution in [1.29, 1.82) is 0 Å². The van der Waals surface area contributed by atoms with Gasteiger partial charge in [0.2, 0.25) is 0 Å². The molecule has 4 aromatic rings. The summed E-state index contributed by atoms with van der Waals surface area (Å²) in [5.74, 6) is -0.100. The van der Waals surface area contributed by atoms with Crippen LogP contribution in [0.25, 0.3) is 6.08 Å². The third-order valence-electron chi connectivity index (χ3n) is 7.29. The number of amides is 2. The van der Waals surface area contributed by atoms with Crippen molar-refractivity contribution in [3.8, 4) is 0 Å². The summed E-state index contributed by atoms with van der Waals surface area (Å²) in [6.07, 6.45) is 3.57. The van der Waals surface area contributed by atoms with Crippen LogP contribution in [0.3, 0.4) is 0 Å². The number of hydrogen-bond acceptors (Lipinski definition) is 3. The van der Waals surface area contributed by atoms with Crippen LogP contribution >= 0.6 is 11.8 Å². The van der Waals surface area contributed by atoms with E-state index in [1.807, 2.05) is 71.6 Å². The molecule has 1 N–H and O–H groups in total. The monoisotopic (exact) mass is 546 g/mol. The zero-order chi connectivity index (χ0) is 28.1. The average Bonchev–Trinajstić information content (AvgIpc) is 2.97. The molecule has 1 unspecified atom stereocenters. The second-order valence-corrected chi connectivity index (χ2v) is 11.4. The topological polar surface area (TPSA) is 49.4 Å². The Morgan fingerprint density at radius 3 is 2.40 bits per heavy atom. The summed E-state index contributed by atoms with van der Waals surface area (Å²) >= 11 is 1.49. The van der Waals surface area contributed by atoms with E-state index < -0.39 is 0 Å². The number of carbonyl (C=O) groups excluding carboxylic acids is 2. The third-order valence-corrected chi connectivity index (χ3v) is 8.37. The van der Waals surface area contributed by atoms with Crippen LogP contribution < -0.4 is 10.2 Å². The lowest BCUT2D eigenvalue weighted by Gasteiger charge is -2.31. The van der Waals surface area contributed by atoms with Crippen LogP contribution in [-0.2, 0) is 17.8 Å². The molecule has 0 spiro atoms. The van der Waals surface area contributed by atoms with E-state index >= 15 is 0 Å². The number of aryl methyl sites for hydroxylation is 2. The molecule has 0 bridgehead atoms. The predicted octanol–water partition coefficient (Wildman–Crippen LogP) is 7.73. The van der Waals surface area contributed by atoms with Crippen LogP contribution in [-0.4, -0.2) is 17.9 Å². The quantitative estimate of drug-likeness (QED) is 0.230. The van der Waals surface area contributed by atoms with Gasteiger partial charge in [-0.3, -0.25) is 9.59 Å². The van der Waals surface area contributed by atoms with E-state index in [0.29, 0.717) is 17.0 Å². The van der Waals surface area contributed by atoms with E-state index in [-0.39, 0.29) is 17.9 Å². The molecule has 4 aromatic carbocycles. The lowest BCUT2D eigenvalue weighted by Crippen LogP contribution is -2.35. The Balaban J connectivity index is 1.33. The fourth-order valence-electron chi connectivity index (χ4n) is 4.91. The number of nitrogens with zero attached hydrogens (tertiary/aromatic N) is 1. The summed E-state index contributed by atoms with van der Waals surface area (Å²) in [6, 6.07) is 32.2. The van der Waals surface area contributed by atoms with E-state index in [0.717, 1.165) is 34.6 Å². The van der Waals surface area contributed by atoms with Crippen molar-refractivity contribution in [3.05, 3.63) is 135 Å². The minimum atomic E-state index is -0.0845. The summed E-state index contributed by atoms with van der Waals surface area (Å²) < 4.78 is 0. The van der Waals surface area contributed by atoms with Crippen molar-refractivity contribution < 1.29 is 9.59 Å². The van der Waals surface area contributed by atoms with Crippen molar-refractivity contribution in [1.82, 2.24) is 5.32 Å². The molecule has 1 heterocycles. The highest BCUT2D eigenvalue weighted by Gasteiger charge is 2.29. The zero-order valence-electron chi connectivity index (χ0n) is 23.2. The van der Waals surface area contributed by atoms with Crippen LogP contribution in [0.2, 0.25) is 0 Å². The van der Waals surface area contributed by atoms with Crippen molar-refractivity contribution in [3.63, 3.8) is 0 Å². The van der Waals surface area contributed by atoms with Gasteiger partial charge in [0.15, 0.2) is 0 Å². The maximum atomic E-state index is 13.7. The van der Waals surface area contributed by atoms with Crippen molar-refractivity contribution in [2.24, 2.45) is 0 Å². The van der Waals surface area contributed by atoms with Gasteiger partial charge in [-0.2, -0.15) is 0 Å². The first-order valence-corrected chi connectivity index (χ1v) is 14.5. The van der Waals surface area contributed by atoms with Crippen LogP contribution in [0.5, 0.6) is 0 Å². The molecule has 0 aliphatic carbocycles. The lowest BCUT2D eigenvalue weighted by molar-refractivity contribution is -0.114. The molecule has 4 nitrogen and oxygen atoms in total. The molecule has 0 saturated heterocycles. The van der Waals surface area contributed by atoms with E-state index in [1.54, 1.807) is 0 Å². The molecule has 2 amide bonds. The summed E-state index contributed by atoms with van der Waals surface area (Å²) in [4.78, 5) is 30.3. The Morgan fingerprint density at radius 1 is 0.925 bits per heavy atom. The standard InChI is InChI=1S/C35H34N2O2S/c1-4-30(21-26-10-6-5-7-11-26)36-34(38)28-18-16-27(17-19-28)22-33-35(39)37(31-12-8-9-13-32(31)40-33)23-29-20-24(2)14-15-25(29)3/h5-20,22,30H,4,21,23H2,1-3H3,(H,36,38)/b33-22-. The number of hydrogen-bond donors (Lipinski definition) is 1. The average molecular weight is 547 g/mol. The third kappa shape index (κ3) is 6.37. The van der Waals surface area contributed by atoms with E-state index in [1.165, 1.54) is 28.5 Å². The van der Waals surface area contributed by atoms with Gasteiger partial charge in [0, 0.05) is 16.5 Å².